The fourth-order valence-electron chi connectivity index (χ4n) is 3.31. The van der Waals surface area contributed by atoms with Crippen molar-refractivity contribution in [1.82, 2.24) is 9.80 Å². The monoisotopic (exact) mass is 252 g/mol. The van der Waals surface area contributed by atoms with Gasteiger partial charge in [-0.05, 0) is 38.5 Å². The third-order valence-electron chi connectivity index (χ3n) is 4.32. The van der Waals surface area contributed by atoms with Crippen LogP contribution in [0.25, 0.3) is 0 Å². The van der Waals surface area contributed by atoms with Crippen LogP contribution in [-0.2, 0) is 9.59 Å². The van der Waals surface area contributed by atoms with Crippen LogP contribution in [0, 0.1) is 0 Å². The van der Waals surface area contributed by atoms with Crippen LogP contribution in [0.2, 0.25) is 0 Å². The largest absolute Gasteiger partial charge is 0.338 e. The van der Waals surface area contributed by atoms with E-state index >= 15 is 0 Å². The fraction of sp³-hybridized carbons (Fsp3) is 0.857. The predicted molar refractivity (Wildman–Crippen MR) is 70.1 cm³/mol. The molecule has 2 unspecified atom stereocenters. The van der Waals surface area contributed by atoms with Gasteiger partial charge in [-0.15, -0.1) is 0 Å². The minimum absolute atomic E-state index is 0.0379. The molecule has 0 aliphatic carbocycles. The van der Waals surface area contributed by atoms with E-state index in [-0.39, 0.29) is 17.9 Å². The van der Waals surface area contributed by atoms with Gasteiger partial charge < -0.3 is 9.80 Å². The number of carbonyl (C=O) groups excluding carboxylic acids is 2. The number of nitrogens with zero attached hydrogens (tertiary/aromatic N) is 2. The first-order valence-corrected chi connectivity index (χ1v) is 7.22. The molecular formula is C14H24N2O2. The lowest BCUT2D eigenvalue weighted by molar-refractivity contribution is -0.145. The Hall–Kier alpha value is -1.06. The minimum Gasteiger partial charge on any atom is -0.338 e. The molecule has 4 heteroatoms. The first kappa shape index (κ1) is 13.4. The molecular weight excluding hydrogens is 228 g/mol. The van der Waals surface area contributed by atoms with Crippen molar-refractivity contribution in [3.8, 4) is 0 Å². The van der Waals surface area contributed by atoms with Crippen LogP contribution in [0.4, 0.5) is 0 Å². The Morgan fingerprint density at radius 2 is 1.78 bits per heavy atom. The second-order valence-electron chi connectivity index (χ2n) is 5.46. The molecule has 2 aliphatic rings. The van der Waals surface area contributed by atoms with Crippen molar-refractivity contribution in [2.24, 2.45) is 0 Å². The molecule has 0 N–H and O–H groups in total. The molecule has 0 radical (unpaired) electrons. The number of piperidine rings is 1. The van der Waals surface area contributed by atoms with Crippen LogP contribution >= 0.6 is 0 Å². The van der Waals surface area contributed by atoms with Crippen LogP contribution in [-0.4, -0.2) is 46.8 Å². The summed E-state index contributed by atoms with van der Waals surface area (Å²) in [4.78, 5) is 28.0. The molecule has 0 aromatic heterocycles. The second-order valence-corrected chi connectivity index (χ2v) is 5.46. The van der Waals surface area contributed by atoms with E-state index < -0.39 is 0 Å². The van der Waals surface area contributed by atoms with E-state index in [4.69, 9.17) is 0 Å². The molecule has 2 rings (SSSR count). The highest BCUT2D eigenvalue weighted by Crippen LogP contribution is 2.25. The maximum Gasteiger partial charge on any atom is 0.245 e. The molecule has 18 heavy (non-hydrogen) atoms. The summed E-state index contributed by atoms with van der Waals surface area (Å²) in [6, 6.07) is 0.204. The number of rotatable bonds is 2. The Labute approximate surface area is 109 Å². The molecule has 2 saturated heterocycles. The van der Waals surface area contributed by atoms with Crippen molar-refractivity contribution in [2.75, 3.05) is 13.1 Å². The Bertz CT molecular complexity index is 330. The zero-order valence-electron chi connectivity index (χ0n) is 11.5. The Morgan fingerprint density at radius 1 is 1.06 bits per heavy atom. The number of carbonyl (C=O) groups is 2. The molecule has 0 spiro atoms. The van der Waals surface area contributed by atoms with Crippen LogP contribution in [0.3, 0.4) is 0 Å². The SMILES string of the molecule is CCC1CCCCN1C(=O)C1CCCN1C(C)=O. The molecule has 2 fully saturated rings. The highest BCUT2D eigenvalue weighted by molar-refractivity contribution is 5.87. The Morgan fingerprint density at radius 3 is 2.44 bits per heavy atom. The van der Waals surface area contributed by atoms with Gasteiger partial charge in [0, 0.05) is 26.1 Å². The maximum absolute atomic E-state index is 12.6. The maximum atomic E-state index is 12.6. The van der Waals surface area contributed by atoms with Gasteiger partial charge in [0.1, 0.15) is 6.04 Å². The molecule has 2 heterocycles. The van der Waals surface area contributed by atoms with Crippen molar-refractivity contribution >= 4 is 11.8 Å². The van der Waals surface area contributed by atoms with Gasteiger partial charge in [0.2, 0.25) is 11.8 Å². The van der Waals surface area contributed by atoms with E-state index in [1.165, 1.54) is 6.42 Å². The highest BCUT2D eigenvalue weighted by atomic mass is 16.2. The molecule has 0 aromatic carbocycles. The number of hydrogen-bond acceptors (Lipinski definition) is 2. The van der Waals surface area contributed by atoms with Crippen molar-refractivity contribution < 1.29 is 9.59 Å². The smallest absolute Gasteiger partial charge is 0.245 e. The van der Waals surface area contributed by atoms with E-state index in [0.29, 0.717) is 6.04 Å². The van der Waals surface area contributed by atoms with Gasteiger partial charge in [-0.2, -0.15) is 0 Å². The topological polar surface area (TPSA) is 40.6 Å². The van der Waals surface area contributed by atoms with Gasteiger partial charge >= 0.3 is 0 Å². The van der Waals surface area contributed by atoms with Gasteiger partial charge in [-0.3, -0.25) is 9.59 Å². The van der Waals surface area contributed by atoms with E-state index in [0.717, 1.165) is 45.2 Å². The average Bonchev–Trinajstić information content (AvgIpc) is 2.87. The zero-order valence-corrected chi connectivity index (χ0v) is 11.5. The van der Waals surface area contributed by atoms with Gasteiger partial charge in [0.25, 0.3) is 0 Å². The number of likely N-dealkylation sites (tertiary alicyclic amines) is 2. The van der Waals surface area contributed by atoms with Gasteiger partial charge in [0.05, 0.1) is 0 Å². The van der Waals surface area contributed by atoms with Crippen LogP contribution in [0.15, 0.2) is 0 Å². The summed E-state index contributed by atoms with van der Waals surface area (Å²) in [6.45, 7) is 5.34. The summed E-state index contributed by atoms with van der Waals surface area (Å²) >= 11 is 0. The third-order valence-corrected chi connectivity index (χ3v) is 4.32. The van der Waals surface area contributed by atoms with Crippen LogP contribution < -0.4 is 0 Å². The predicted octanol–water partition coefficient (Wildman–Crippen LogP) is 1.79. The normalized spacial score (nSPS) is 28.6. The molecule has 2 aliphatic heterocycles. The molecule has 0 aromatic rings. The number of amides is 2. The summed E-state index contributed by atoms with van der Waals surface area (Å²) in [6.07, 6.45) is 6.28. The van der Waals surface area contributed by atoms with Crippen molar-refractivity contribution in [3.63, 3.8) is 0 Å². The van der Waals surface area contributed by atoms with Gasteiger partial charge in [-0.1, -0.05) is 6.92 Å². The molecule has 0 saturated carbocycles. The first-order valence-electron chi connectivity index (χ1n) is 7.22. The second kappa shape index (κ2) is 5.72. The summed E-state index contributed by atoms with van der Waals surface area (Å²) in [7, 11) is 0. The fourth-order valence-corrected chi connectivity index (χ4v) is 3.31. The molecule has 2 amide bonds. The molecule has 2 atom stereocenters. The average molecular weight is 252 g/mol. The lowest BCUT2D eigenvalue weighted by atomic mass is 9.98. The third kappa shape index (κ3) is 2.52. The van der Waals surface area contributed by atoms with E-state index in [9.17, 15) is 9.59 Å². The van der Waals surface area contributed by atoms with Crippen molar-refractivity contribution in [3.05, 3.63) is 0 Å². The van der Waals surface area contributed by atoms with Crippen LogP contribution in [0.1, 0.15) is 52.4 Å². The summed E-state index contributed by atoms with van der Waals surface area (Å²) in [5, 5.41) is 0. The quantitative estimate of drug-likeness (QED) is 0.751. The molecule has 102 valence electrons. The lowest BCUT2D eigenvalue weighted by Crippen LogP contribution is -2.52. The van der Waals surface area contributed by atoms with E-state index in [2.05, 4.69) is 6.92 Å². The Balaban J connectivity index is 2.07. The zero-order chi connectivity index (χ0) is 13.1. The summed E-state index contributed by atoms with van der Waals surface area (Å²) < 4.78 is 0. The molecule has 0 bridgehead atoms. The van der Waals surface area contributed by atoms with Crippen LogP contribution in [0.5, 0.6) is 0 Å². The highest BCUT2D eigenvalue weighted by Gasteiger charge is 2.37. The lowest BCUT2D eigenvalue weighted by Gasteiger charge is -2.38. The summed E-state index contributed by atoms with van der Waals surface area (Å²) in [5.74, 6) is 0.227. The standard InChI is InChI=1S/C14H24N2O2/c1-3-12-7-4-5-9-16(12)14(18)13-8-6-10-15(13)11(2)17/h12-13H,3-10H2,1-2H3. The van der Waals surface area contributed by atoms with Gasteiger partial charge in [-0.25, -0.2) is 0 Å². The Kier molecular flexibility index (Phi) is 4.25. The molecule has 4 nitrogen and oxygen atoms in total. The van der Waals surface area contributed by atoms with Crippen molar-refractivity contribution in [2.45, 2.75) is 64.5 Å². The first-order chi connectivity index (χ1) is 8.65. The van der Waals surface area contributed by atoms with Crippen molar-refractivity contribution in [1.29, 1.82) is 0 Å². The van der Waals surface area contributed by atoms with E-state index in [1.807, 2.05) is 4.90 Å². The van der Waals surface area contributed by atoms with E-state index in [1.54, 1.807) is 11.8 Å². The minimum atomic E-state index is -0.186. The summed E-state index contributed by atoms with van der Waals surface area (Å²) in [5.41, 5.74) is 0. The number of hydrogen-bond donors (Lipinski definition) is 0. The van der Waals surface area contributed by atoms with Gasteiger partial charge in [0.15, 0.2) is 0 Å².